The summed E-state index contributed by atoms with van der Waals surface area (Å²) in [5, 5.41) is 6.53. The number of carbonyl (C=O) groups excluding carboxylic acids is 1. The van der Waals surface area contributed by atoms with Crippen LogP contribution < -0.4 is 10.6 Å². The average Bonchev–Trinajstić information content (AvgIpc) is 2.33. The summed E-state index contributed by atoms with van der Waals surface area (Å²) in [4.78, 5) is 12.3. The molecule has 2 aliphatic rings. The molecule has 3 nitrogen and oxygen atoms in total. The van der Waals surface area contributed by atoms with Crippen LogP contribution in [0.3, 0.4) is 0 Å². The lowest BCUT2D eigenvalue weighted by molar-refractivity contribution is -0.121. The molecule has 0 saturated heterocycles. The van der Waals surface area contributed by atoms with Crippen molar-refractivity contribution in [2.24, 2.45) is 0 Å². The Labute approximate surface area is 114 Å². The molecule has 1 amide bonds. The SMILES string of the molecule is O=C1Nc2cc(I)ccc2NC12CCCCC2. The van der Waals surface area contributed by atoms with Gasteiger partial charge in [0.25, 0.3) is 0 Å². The summed E-state index contributed by atoms with van der Waals surface area (Å²) in [6, 6.07) is 6.14. The lowest BCUT2D eigenvalue weighted by atomic mass is 9.79. The van der Waals surface area contributed by atoms with E-state index in [9.17, 15) is 4.79 Å². The number of hydrogen-bond acceptors (Lipinski definition) is 2. The largest absolute Gasteiger partial charge is 0.370 e. The molecule has 2 N–H and O–H groups in total. The van der Waals surface area contributed by atoms with Gasteiger partial charge >= 0.3 is 0 Å². The number of fused-ring (bicyclic) bond motifs is 1. The highest BCUT2D eigenvalue weighted by Gasteiger charge is 2.42. The first-order valence-corrected chi connectivity index (χ1v) is 7.17. The minimum absolute atomic E-state index is 0.145. The normalized spacial score (nSPS) is 21.6. The van der Waals surface area contributed by atoms with E-state index in [0.717, 1.165) is 40.6 Å². The Morgan fingerprint density at radius 2 is 1.88 bits per heavy atom. The number of halogens is 1. The molecule has 4 heteroatoms. The molecule has 90 valence electrons. The highest BCUT2D eigenvalue weighted by Crippen LogP contribution is 2.39. The van der Waals surface area contributed by atoms with E-state index in [-0.39, 0.29) is 11.4 Å². The fourth-order valence-electron chi connectivity index (χ4n) is 2.79. The van der Waals surface area contributed by atoms with Crippen molar-refractivity contribution < 1.29 is 4.79 Å². The highest BCUT2D eigenvalue weighted by atomic mass is 127. The lowest BCUT2D eigenvalue weighted by Gasteiger charge is -2.41. The van der Waals surface area contributed by atoms with Crippen LogP contribution in [0.5, 0.6) is 0 Å². The van der Waals surface area contributed by atoms with E-state index in [4.69, 9.17) is 0 Å². The number of carbonyl (C=O) groups is 1. The van der Waals surface area contributed by atoms with E-state index in [1.807, 2.05) is 6.07 Å². The standard InChI is InChI=1S/C13H15IN2O/c14-9-4-5-10-11(8-9)15-12(17)13(16-10)6-2-1-3-7-13/h4-5,8,16H,1-3,6-7H2,(H,15,17). The summed E-state index contributed by atoms with van der Waals surface area (Å²) in [5.74, 6) is 0.145. The van der Waals surface area contributed by atoms with Crippen LogP contribution in [-0.2, 0) is 4.79 Å². The molecule has 0 radical (unpaired) electrons. The van der Waals surface area contributed by atoms with Gasteiger partial charge in [-0.3, -0.25) is 4.79 Å². The molecule has 0 aromatic heterocycles. The summed E-state index contributed by atoms with van der Waals surface area (Å²) in [7, 11) is 0. The van der Waals surface area contributed by atoms with Crippen molar-refractivity contribution in [2.75, 3.05) is 10.6 Å². The summed E-state index contributed by atoms with van der Waals surface area (Å²) >= 11 is 2.26. The zero-order chi connectivity index (χ0) is 11.9. The van der Waals surface area contributed by atoms with E-state index in [1.165, 1.54) is 6.42 Å². The van der Waals surface area contributed by atoms with Gasteiger partial charge in [-0.05, 0) is 53.6 Å². The maximum absolute atomic E-state index is 12.3. The lowest BCUT2D eigenvalue weighted by Crippen LogP contribution is -2.53. The first kappa shape index (κ1) is 11.3. The fraction of sp³-hybridized carbons (Fsp3) is 0.462. The van der Waals surface area contributed by atoms with Gasteiger partial charge in [0.15, 0.2) is 0 Å². The fourth-order valence-corrected chi connectivity index (χ4v) is 3.28. The third-order valence-electron chi connectivity index (χ3n) is 3.75. The minimum Gasteiger partial charge on any atom is -0.370 e. The smallest absolute Gasteiger partial charge is 0.250 e. The van der Waals surface area contributed by atoms with Crippen LogP contribution in [0.15, 0.2) is 18.2 Å². The number of nitrogens with one attached hydrogen (secondary N) is 2. The summed E-state index contributed by atoms with van der Waals surface area (Å²) in [6.07, 6.45) is 5.42. The predicted molar refractivity (Wildman–Crippen MR) is 77.2 cm³/mol. The monoisotopic (exact) mass is 342 g/mol. The molecule has 1 heterocycles. The Morgan fingerprint density at radius 3 is 2.65 bits per heavy atom. The van der Waals surface area contributed by atoms with Crippen LogP contribution in [0.4, 0.5) is 11.4 Å². The zero-order valence-corrected chi connectivity index (χ0v) is 11.7. The molecule has 0 bridgehead atoms. The third-order valence-corrected chi connectivity index (χ3v) is 4.42. The van der Waals surface area contributed by atoms with Crippen molar-refractivity contribution >= 4 is 39.9 Å². The van der Waals surface area contributed by atoms with Crippen molar-refractivity contribution in [3.63, 3.8) is 0 Å². The first-order chi connectivity index (χ1) is 8.20. The summed E-state index contributed by atoms with van der Waals surface area (Å²) in [5.41, 5.74) is 1.63. The van der Waals surface area contributed by atoms with Gasteiger partial charge in [0.2, 0.25) is 5.91 Å². The molecule has 1 aromatic carbocycles. The van der Waals surface area contributed by atoms with E-state index >= 15 is 0 Å². The second-order valence-corrected chi connectivity index (χ2v) is 6.16. The number of amides is 1. The van der Waals surface area contributed by atoms with Crippen LogP contribution in [0.2, 0.25) is 0 Å². The van der Waals surface area contributed by atoms with Gasteiger partial charge in [-0.25, -0.2) is 0 Å². The second kappa shape index (κ2) is 4.15. The van der Waals surface area contributed by atoms with Crippen molar-refractivity contribution in [3.05, 3.63) is 21.8 Å². The molecular formula is C13H15IN2O. The number of hydrogen-bond donors (Lipinski definition) is 2. The molecule has 17 heavy (non-hydrogen) atoms. The van der Waals surface area contributed by atoms with Gasteiger partial charge in [0.1, 0.15) is 5.54 Å². The van der Waals surface area contributed by atoms with Gasteiger partial charge in [-0.15, -0.1) is 0 Å². The Hall–Kier alpha value is -0.780. The van der Waals surface area contributed by atoms with E-state index in [1.54, 1.807) is 0 Å². The summed E-state index contributed by atoms with van der Waals surface area (Å²) < 4.78 is 1.14. The summed E-state index contributed by atoms with van der Waals surface area (Å²) in [6.45, 7) is 0. The van der Waals surface area contributed by atoms with Crippen LogP contribution in [-0.4, -0.2) is 11.4 Å². The Morgan fingerprint density at radius 1 is 1.12 bits per heavy atom. The van der Waals surface area contributed by atoms with Crippen LogP contribution >= 0.6 is 22.6 Å². The van der Waals surface area contributed by atoms with E-state index in [0.29, 0.717) is 0 Å². The average molecular weight is 342 g/mol. The molecule has 3 rings (SSSR count). The number of anilines is 2. The molecule has 1 aliphatic heterocycles. The van der Waals surface area contributed by atoms with Crippen LogP contribution in [0, 0.1) is 3.57 Å². The quantitative estimate of drug-likeness (QED) is 0.710. The van der Waals surface area contributed by atoms with Gasteiger partial charge in [-0.2, -0.15) is 0 Å². The molecule has 1 fully saturated rings. The molecule has 1 spiro atoms. The molecular weight excluding hydrogens is 327 g/mol. The number of rotatable bonds is 0. The maximum Gasteiger partial charge on any atom is 0.250 e. The van der Waals surface area contributed by atoms with Crippen molar-refractivity contribution in [1.82, 2.24) is 0 Å². The molecule has 0 atom stereocenters. The van der Waals surface area contributed by atoms with E-state index < -0.39 is 0 Å². The molecule has 1 aliphatic carbocycles. The van der Waals surface area contributed by atoms with Gasteiger partial charge < -0.3 is 10.6 Å². The van der Waals surface area contributed by atoms with E-state index in [2.05, 4.69) is 45.4 Å². The first-order valence-electron chi connectivity index (χ1n) is 6.09. The Balaban J connectivity index is 1.97. The molecule has 0 unspecified atom stereocenters. The highest BCUT2D eigenvalue weighted by molar-refractivity contribution is 14.1. The number of benzene rings is 1. The minimum atomic E-state index is -0.349. The molecule has 1 aromatic rings. The van der Waals surface area contributed by atoms with Crippen LogP contribution in [0.25, 0.3) is 0 Å². The molecule has 1 saturated carbocycles. The third kappa shape index (κ3) is 1.92. The maximum atomic E-state index is 12.3. The Kier molecular flexibility index (Phi) is 2.77. The second-order valence-electron chi connectivity index (χ2n) is 4.91. The zero-order valence-electron chi connectivity index (χ0n) is 9.55. The van der Waals surface area contributed by atoms with Crippen molar-refractivity contribution in [2.45, 2.75) is 37.6 Å². The van der Waals surface area contributed by atoms with Gasteiger partial charge in [-0.1, -0.05) is 19.3 Å². The topological polar surface area (TPSA) is 41.1 Å². The van der Waals surface area contributed by atoms with Gasteiger partial charge in [0, 0.05) is 3.57 Å². The van der Waals surface area contributed by atoms with Gasteiger partial charge in [0.05, 0.1) is 11.4 Å². The predicted octanol–water partition coefficient (Wildman–Crippen LogP) is 3.36. The van der Waals surface area contributed by atoms with Crippen molar-refractivity contribution in [3.8, 4) is 0 Å². The van der Waals surface area contributed by atoms with Crippen molar-refractivity contribution in [1.29, 1.82) is 0 Å². The van der Waals surface area contributed by atoms with Crippen LogP contribution in [0.1, 0.15) is 32.1 Å². The Bertz CT molecular complexity index is 466.